The van der Waals surface area contributed by atoms with Crippen molar-refractivity contribution in [2.45, 2.75) is 32.5 Å². The van der Waals surface area contributed by atoms with E-state index in [2.05, 4.69) is 0 Å². The molecular formula is C13H16O3. The van der Waals surface area contributed by atoms with Gasteiger partial charge < -0.3 is 9.84 Å². The Morgan fingerprint density at radius 3 is 2.50 bits per heavy atom. The summed E-state index contributed by atoms with van der Waals surface area (Å²) in [7, 11) is 0. The third-order valence-electron chi connectivity index (χ3n) is 3.02. The van der Waals surface area contributed by atoms with Gasteiger partial charge >= 0.3 is 5.97 Å². The molecule has 1 N–H and O–H groups in total. The molecule has 1 fully saturated rings. The molecule has 0 radical (unpaired) electrons. The van der Waals surface area contributed by atoms with Crippen LogP contribution in [-0.4, -0.2) is 17.2 Å². The highest BCUT2D eigenvalue weighted by Gasteiger charge is 2.44. The number of aliphatic hydroxyl groups excluding tert-OH is 1. The van der Waals surface area contributed by atoms with Crippen molar-refractivity contribution in [3.05, 3.63) is 35.9 Å². The average molecular weight is 220 g/mol. The highest BCUT2D eigenvalue weighted by Crippen LogP contribution is 2.38. The molecule has 1 saturated heterocycles. The molecule has 3 heteroatoms. The second-order valence-electron chi connectivity index (χ2n) is 4.89. The minimum atomic E-state index is -0.730. The molecule has 86 valence electrons. The van der Waals surface area contributed by atoms with Crippen LogP contribution in [0.25, 0.3) is 0 Å². The lowest BCUT2D eigenvalue weighted by molar-refractivity contribution is -0.150. The zero-order chi connectivity index (χ0) is 11.8. The molecule has 2 atom stereocenters. The summed E-state index contributed by atoms with van der Waals surface area (Å²) >= 11 is 0. The van der Waals surface area contributed by atoms with Crippen molar-refractivity contribution in [2.75, 3.05) is 0 Å². The van der Waals surface area contributed by atoms with E-state index in [1.807, 2.05) is 44.2 Å². The predicted molar refractivity (Wildman–Crippen MR) is 59.7 cm³/mol. The number of ether oxygens (including phenoxy) is 1. The molecule has 2 rings (SSSR count). The van der Waals surface area contributed by atoms with Gasteiger partial charge in [-0.2, -0.15) is 0 Å². The SMILES string of the molecule is CC1(C)CC(C(O)c2ccccc2)OC1=O. The van der Waals surface area contributed by atoms with Crippen molar-refractivity contribution in [3.8, 4) is 0 Å². The van der Waals surface area contributed by atoms with E-state index in [1.54, 1.807) is 0 Å². The molecule has 1 aliphatic heterocycles. The van der Waals surface area contributed by atoms with Crippen molar-refractivity contribution in [1.82, 2.24) is 0 Å². The monoisotopic (exact) mass is 220 g/mol. The van der Waals surface area contributed by atoms with E-state index in [9.17, 15) is 9.90 Å². The number of carbonyl (C=O) groups is 1. The molecular weight excluding hydrogens is 204 g/mol. The van der Waals surface area contributed by atoms with Gasteiger partial charge in [0.1, 0.15) is 12.2 Å². The number of cyclic esters (lactones) is 1. The van der Waals surface area contributed by atoms with Crippen molar-refractivity contribution >= 4 is 5.97 Å². The van der Waals surface area contributed by atoms with E-state index in [-0.39, 0.29) is 5.97 Å². The molecule has 0 aliphatic carbocycles. The number of rotatable bonds is 2. The average Bonchev–Trinajstić information content (AvgIpc) is 2.54. The quantitative estimate of drug-likeness (QED) is 0.776. The highest BCUT2D eigenvalue weighted by atomic mass is 16.6. The fourth-order valence-electron chi connectivity index (χ4n) is 1.97. The predicted octanol–water partition coefficient (Wildman–Crippen LogP) is 2.06. The van der Waals surface area contributed by atoms with Crippen LogP contribution in [-0.2, 0) is 9.53 Å². The minimum Gasteiger partial charge on any atom is -0.459 e. The highest BCUT2D eigenvalue weighted by molar-refractivity contribution is 5.78. The zero-order valence-electron chi connectivity index (χ0n) is 9.51. The molecule has 2 unspecified atom stereocenters. The summed E-state index contributed by atoms with van der Waals surface area (Å²) in [6.45, 7) is 3.68. The molecule has 3 nitrogen and oxygen atoms in total. The van der Waals surface area contributed by atoms with Gasteiger partial charge in [-0.25, -0.2) is 0 Å². The normalized spacial score (nSPS) is 25.2. The van der Waals surface area contributed by atoms with E-state index in [1.165, 1.54) is 0 Å². The van der Waals surface area contributed by atoms with Crippen LogP contribution in [0.15, 0.2) is 30.3 Å². The smallest absolute Gasteiger partial charge is 0.312 e. The van der Waals surface area contributed by atoms with Crippen LogP contribution in [0.4, 0.5) is 0 Å². The maximum atomic E-state index is 11.5. The first-order chi connectivity index (χ1) is 7.50. The van der Waals surface area contributed by atoms with E-state index in [0.29, 0.717) is 6.42 Å². The topological polar surface area (TPSA) is 46.5 Å². The van der Waals surface area contributed by atoms with Gasteiger partial charge in [0.15, 0.2) is 0 Å². The van der Waals surface area contributed by atoms with Gasteiger partial charge in [0.05, 0.1) is 5.41 Å². The fraction of sp³-hybridized carbons (Fsp3) is 0.462. The molecule has 0 spiro atoms. The summed E-state index contributed by atoms with van der Waals surface area (Å²) in [5.74, 6) is -0.229. The molecule has 16 heavy (non-hydrogen) atoms. The summed E-state index contributed by atoms with van der Waals surface area (Å²) < 4.78 is 5.20. The Labute approximate surface area is 95.0 Å². The number of carbonyl (C=O) groups excluding carboxylic acids is 1. The maximum Gasteiger partial charge on any atom is 0.312 e. The summed E-state index contributed by atoms with van der Waals surface area (Å²) in [6, 6.07) is 9.29. The first-order valence-electron chi connectivity index (χ1n) is 5.45. The summed E-state index contributed by atoms with van der Waals surface area (Å²) in [5.41, 5.74) is 0.304. The third-order valence-corrected chi connectivity index (χ3v) is 3.02. The van der Waals surface area contributed by atoms with E-state index in [4.69, 9.17) is 4.74 Å². The van der Waals surface area contributed by atoms with Crippen molar-refractivity contribution in [1.29, 1.82) is 0 Å². The standard InChI is InChI=1S/C13H16O3/c1-13(2)8-10(16-12(13)15)11(14)9-6-4-3-5-7-9/h3-7,10-11,14H,8H2,1-2H3. The van der Waals surface area contributed by atoms with Gasteiger partial charge in [0, 0.05) is 6.42 Å². The van der Waals surface area contributed by atoms with Gasteiger partial charge in [-0.15, -0.1) is 0 Å². The minimum absolute atomic E-state index is 0.229. The van der Waals surface area contributed by atoms with Crippen molar-refractivity contribution in [2.24, 2.45) is 5.41 Å². The van der Waals surface area contributed by atoms with Crippen LogP contribution >= 0.6 is 0 Å². The Bertz CT molecular complexity index is 383. The lowest BCUT2D eigenvalue weighted by atomic mass is 9.87. The van der Waals surface area contributed by atoms with E-state index >= 15 is 0 Å². The molecule has 1 heterocycles. The summed E-state index contributed by atoms with van der Waals surface area (Å²) in [5, 5.41) is 10.1. The third kappa shape index (κ3) is 1.95. The lowest BCUT2D eigenvalue weighted by Crippen LogP contribution is -2.18. The molecule has 0 bridgehead atoms. The molecule has 0 aromatic heterocycles. The van der Waals surface area contributed by atoms with Crippen molar-refractivity contribution in [3.63, 3.8) is 0 Å². The molecule has 1 aromatic rings. The number of hydrogen-bond acceptors (Lipinski definition) is 3. The van der Waals surface area contributed by atoms with Crippen LogP contribution in [0, 0.1) is 5.41 Å². The van der Waals surface area contributed by atoms with E-state index in [0.717, 1.165) is 5.56 Å². The van der Waals surface area contributed by atoms with Gasteiger partial charge in [-0.05, 0) is 19.4 Å². The molecule has 1 aromatic carbocycles. The number of benzene rings is 1. The second kappa shape index (κ2) is 3.91. The second-order valence-corrected chi connectivity index (χ2v) is 4.89. The molecule has 0 amide bonds. The van der Waals surface area contributed by atoms with Crippen LogP contribution in [0.2, 0.25) is 0 Å². The van der Waals surface area contributed by atoms with Crippen LogP contribution in [0.5, 0.6) is 0 Å². The first kappa shape index (κ1) is 11.1. The van der Waals surface area contributed by atoms with E-state index < -0.39 is 17.6 Å². The zero-order valence-corrected chi connectivity index (χ0v) is 9.51. The lowest BCUT2D eigenvalue weighted by Gasteiger charge is -2.17. The van der Waals surface area contributed by atoms with Crippen LogP contribution < -0.4 is 0 Å². The largest absolute Gasteiger partial charge is 0.459 e. The van der Waals surface area contributed by atoms with Crippen LogP contribution in [0.1, 0.15) is 31.9 Å². The first-order valence-corrected chi connectivity index (χ1v) is 5.45. The Balaban J connectivity index is 2.14. The van der Waals surface area contributed by atoms with Gasteiger partial charge in [-0.1, -0.05) is 30.3 Å². The fourth-order valence-corrected chi connectivity index (χ4v) is 1.97. The number of hydrogen-bond donors (Lipinski definition) is 1. The number of aliphatic hydroxyl groups is 1. The Kier molecular flexibility index (Phi) is 2.72. The van der Waals surface area contributed by atoms with Gasteiger partial charge in [0.25, 0.3) is 0 Å². The molecule has 0 saturated carbocycles. The molecule has 1 aliphatic rings. The maximum absolute atomic E-state index is 11.5. The summed E-state index contributed by atoms with van der Waals surface area (Å²) in [6.07, 6.45) is -0.598. The number of esters is 1. The van der Waals surface area contributed by atoms with Crippen LogP contribution in [0.3, 0.4) is 0 Å². The Morgan fingerprint density at radius 2 is 2.00 bits per heavy atom. The Hall–Kier alpha value is -1.35. The van der Waals surface area contributed by atoms with Gasteiger partial charge in [-0.3, -0.25) is 4.79 Å². The van der Waals surface area contributed by atoms with Crippen molar-refractivity contribution < 1.29 is 14.6 Å². The van der Waals surface area contributed by atoms with Gasteiger partial charge in [0.2, 0.25) is 0 Å². The Morgan fingerprint density at radius 1 is 1.38 bits per heavy atom. The summed E-state index contributed by atoms with van der Waals surface area (Å²) in [4.78, 5) is 11.5.